The molecule has 5 heteroatoms. The first-order chi connectivity index (χ1) is 8.58. The Morgan fingerprint density at radius 3 is 3.11 bits per heavy atom. The monoisotopic (exact) mass is 249 g/mol. The van der Waals surface area contributed by atoms with E-state index in [2.05, 4.69) is 5.32 Å². The number of nitrogens with one attached hydrogen (secondary N) is 1. The quantitative estimate of drug-likeness (QED) is 0.702. The lowest BCUT2D eigenvalue weighted by molar-refractivity contribution is -0.124. The number of aryl methyl sites for hydroxylation is 1. The van der Waals surface area contributed by atoms with Crippen molar-refractivity contribution in [3.05, 3.63) is 29.3 Å². The molecule has 1 aromatic carbocycles. The van der Waals surface area contributed by atoms with Crippen LogP contribution in [0.4, 0.5) is 0 Å². The van der Waals surface area contributed by atoms with Crippen LogP contribution in [0.5, 0.6) is 5.75 Å². The van der Waals surface area contributed by atoms with Gasteiger partial charge in [-0.15, -0.1) is 0 Å². The van der Waals surface area contributed by atoms with Gasteiger partial charge in [-0.1, -0.05) is 17.7 Å². The van der Waals surface area contributed by atoms with Gasteiger partial charge in [0.15, 0.2) is 0 Å². The molecule has 0 saturated carbocycles. The van der Waals surface area contributed by atoms with Gasteiger partial charge in [-0.2, -0.15) is 0 Å². The predicted octanol–water partition coefficient (Wildman–Crippen LogP) is -0.0403. The molecule has 0 spiro atoms. The number of piperazine rings is 1. The number of hydrogen-bond acceptors (Lipinski definition) is 4. The number of phenols is 1. The molecule has 5 nitrogen and oxygen atoms in total. The summed E-state index contributed by atoms with van der Waals surface area (Å²) in [5, 5.41) is 13.0. The average molecular weight is 249 g/mol. The summed E-state index contributed by atoms with van der Waals surface area (Å²) in [4.78, 5) is 13.4. The van der Waals surface area contributed by atoms with Crippen LogP contribution >= 0.6 is 0 Å². The predicted molar refractivity (Wildman–Crippen MR) is 69.1 cm³/mol. The highest BCUT2D eigenvalue weighted by Gasteiger charge is 2.27. The van der Waals surface area contributed by atoms with E-state index in [4.69, 9.17) is 5.73 Å². The van der Waals surface area contributed by atoms with Crippen molar-refractivity contribution in [3.63, 3.8) is 0 Å². The van der Waals surface area contributed by atoms with Crippen LogP contribution in [0.2, 0.25) is 0 Å². The standard InChI is InChI=1S/C13H19N3O2/c1-9-2-3-12(17)10(6-9)8-16-5-4-15-7-11(16)13(14)18/h2-3,6,11,15,17H,4-5,7-8H2,1H3,(H2,14,18). The molecule has 0 bridgehead atoms. The van der Waals surface area contributed by atoms with Crippen LogP contribution in [0.25, 0.3) is 0 Å². The molecule has 0 aromatic heterocycles. The molecule has 4 N–H and O–H groups in total. The fraction of sp³-hybridized carbons (Fsp3) is 0.462. The normalized spacial score (nSPS) is 20.8. The van der Waals surface area contributed by atoms with Gasteiger partial charge in [0.2, 0.25) is 5.91 Å². The Kier molecular flexibility index (Phi) is 3.84. The minimum absolute atomic E-state index is 0.266. The van der Waals surface area contributed by atoms with Crippen molar-refractivity contribution in [2.75, 3.05) is 19.6 Å². The number of primary amides is 1. The second-order valence-corrected chi connectivity index (χ2v) is 4.72. The van der Waals surface area contributed by atoms with Crippen molar-refractivity contribution in [2.24, 2.45) is 5.73 Å². The molecule has 98 valence electrons. The first kappa shape index (κ1) is 12.9. The topological polar surface area (TPSA) is 78.6 Å². The molecule has 1 aliphatic heterocycles. The molecule has 1 unspecified atom stereocenters. The van der Waals surface area contributed by atoms with E-state index in [1.807, 2.05) is 24.0 Å². The van der Waals surface area contributed by atoms with E-state index >= 15 is 0 Å². The Morgan fingerprint density at radius 2 is 2.39 bits per heavy atom. The van der Waals surface area contributed by atoms with Gasteiger partial charge in [-0.3, -0.25) is 9.69 Å². The molecule has 1 aromatic rings. The number of benzene rings is 1. The van der Waals surface area contributed by atoms with Gasteiger partial charge < -0.3 is 16.2 Å². The number of rotatable bonds is 3. The van der Waals surface area contributed by atoms with Gasteiger partial charge in [-0.05, 0) is 13.0 Å². The van der Waals surface area contributed by atoms with Crippen molar-refractivity contribution >= 4 is 5.91 Å². The zero-order chi connectivity index (χ0) is 13.1. The molecule has 1 amide bonds. The third-order valence-corrected chi connectivity index (χ3v) is 3.29. The summed E-state index contributed by atoms with van der Waals surface area (Å²) in [5.74, 6) is -0.0586. The summed E-state index contributed by atoms with van der Waals surface area (Å²) in [6.45, 7) is 4.67. The van der Waals surface area contributed by atoms with Crippen LogP contribution in [0.3, 0.4) is 0 Å². The molecule has 1 aliphatic rings. The van der Waals surface area contributed by atoms with Crippen LogP contribution in [-0.2, 0) is 11.3 Å². The van der Waals surface area contributed by atoms with Gasteiger partial charge in [0.25, 0.3) is 0 Å². The van der Waals surface area contributed by atoms with E-state index in [-0.39, 0.29) is 17.7 Å². The van der Waals surface area contributed by atoms with Gasteiger partial charge in [0.1, 0.15) is 11.8 Å². The van der Waals surface area contributed by atoms with E-state index in [0.717, 1.165) is 24.2 Å². The van der Waals surface area contributed by atoms with Gasteiger partial charge >= 0.3 is 0 Å². The average Bonchev–Trinajstić information content (AvgIpc) is 2.34. The number of amides is 1. The first-order valence-electron chi connectivity index (χ1n) is 6.10. The second kappa shape index (κ2) is 5.37. The summed E-state index contributed by atoms with van der Waals surface area (Å²) < 4.78 is 0. The van der Waals surface area contributed by atoms with E-state index in [1.54, 1.807) is 6.07 Å². The van der Waals surface area contributed by atoms with Crippen molar-refractivity contribution in [1.29, 1.82) is 0 Å². The summed E-state index contributed by atoms with van der Waals surface area (Å²) in [6, 6.07) is 5.18. The molecule has 1 heterocycles. The number of nitrogens with zero attached hydrogens (tertiary/aromatic N) is 1. The number of hydrogen-bond donors (Lipinski definition) is 3. The zero-order valence-electron chi connectivity index (χ0n) is 10.5. The molecular formula is C13H19N3O2. The number of carbonyl (C=O) groups is 1. The highest BCUT2D eigenvalue weighted by atomic mass is 16.3. The minimum atomic E-state index is -0.325. The minimum Gasteiger partial charge on any atom is -0.508 e. The lowest BCUT2D eigenvalue weighted by Gasteiger charge is -2.34. The Labute approximate surface area is 107 Å². The largest absolute Gasteiger partial charge is 0.508 e. The SMILES string of the molecule is Cc1ccc(O)c(CN2CCNCC2C(N)=O)c1. The second-order valence-electron chi connectivity index (χ2n) is 4.72. The molecule has 0 aliphatic carbocycles. The number of aromatic hydroxyl groups is 1. The van der Waals surface area contributed by atoms with Crippen molar-refractivity contribution in [2.45, 2.75) is 19.5 Å². The van der Waals surface area contributed by atoms with Gasteiger partial charge in [-0.25, -0.2) is 0 Å². The lowest BCUT2D eigenvalue weighted by Crippen LogP contribution is -2.56. The fourth-order valence-electron chi connectivity index (χ4n) is 2.28. The van der Waals surface area contributed by atoms with E-state index in [9.17, 15) is 9.90 Å². The first-order valence-corrected chi connectivity index (χ1v) is 6.10. The van der Waals surface area contributed by atoms with Crippen LogP contribution in [0.15, 0.2) is 18.2 Å². The molecular weight excluding hydrogens is 230 g/mol. The van der Waals surface area contributed by atoms with Crippen molar-refractivity contribution < 1.29 is 9.90 Å². The molecule has 1 atom stereocenters. The molecule has 1 fully saturated rings. The third-order valence-electron chi connectivity index (χ3n) is 3.29. The molecule has 0 radical (unpaired) electrons. The fourth-order valence-corrected chi connectivity index (χ4v) is 2.28. The van der Waals surface area contributed by atoms with Crippen LogP contribution in [0.1, 0.15) is 11.1 Å². The van der Waals surface area contributed by atoms with Crippen molar-refractivity contribution in [1.82, 2.24) is 10.2 Å². The van der Waals surface area contributed by atoms with Crippen molar-refractivity contribution in [3.8, 4) is 5.75 Å². The molecule has 1 saturated heterocycles. The zero-order valence-corrected chi connectivity index (χ0v) is 10.5. The highest BCUT2D eigenvalue weighted by Crippen LogP contribution is 2.21. The maximum Gasteiger partial charge on any atom is 0.236 e. The summed E-state index contributed by atoms with van der Waals surface area (Å²) in [5.41, 5.74) is 7.32. The molecule has 18 heavy (non-hydrogen) atoms. The van der Waals surface area contributed by atoms with Gasteiger partial charge in [0.05, 0.1) is 0 Å². The van der Waals surface area contributed by atoms with E-state index in [0.29, 0.717) is 13.1 Å². The Hall–Kier alpha value is -1.59. The van der Waals surface area contributed by atoms with Crippen LogP contribution < -0.4 is 11.1 Å². The van der Waals surface area contributed by atoms with E-state index in [1.165, 1.54) is 0 Å². The summed E-state index contributed by atoms with van der Waals surface area (Å²) in [7, 11) is 0. The number of nitrogens with two attached hydrogens (primary N) is 1. The summed E-state index contributed by atoms with van der Waals surface area (Å²) >= 11 is 0. The molecule has 2 rings (SSSR count). The maximum absolute atomic E-state index is 11.4. The van der Waals surface area contributed by atoms with Gasteiger partial charge in [0, 0.05) is 31.7 Å². The van der Waals surface area contributed by atoms with Crippen LogP contribution in [-0.4, -0.2) is 41.6 Å². The third kappa shape index (κ3) is 2.80. The number of carbonyl (C=O) groups excluding carboxylic acids is 1. The smallest absolute Gasteiger partial charge is 0.236 e. The van der Waals surface area contributed by atoms with Crippen LogP contribution in [0, 0.1) is 6.92 Å². The number of phenolic OH excluding ortho intramolecular Hbond substituents is 1. The van der Waals surface area contributed by atoms with E-state index < -0.39 is 0 Å². The Balaban J connectivity index is 2.15. The highest BCUT2D eigenvalue weighted by molar-refractivity contribution is 5.80. The maximum atomic E-state index is 11.4. The lowest BCUT2D eigenvalue weighted by atomic mass is 10.1. The Morgan fingerprint density at radius 1 is 1.61 bits per heavy atom. The Bertz CT molecular complexity index is 448. The summed E-state index contributed by atoms with van der Waals surface area (Å²) in [6.07, 6.45) is 0.